The molecule has 0 radical (unpaired) electrons. The second kappa shape index (κ2) is 4.81. The molecule has 1 atom stereocenters. The molecular formula is C12H13NO3. The van der Waals surface area contributed by atoms with Crippen LogP contribution in [0.15, 0.2) is 41.0 Å². The average Bonchev–Trinajstić information content (AvgIpc) is 2.82. The Labute approximate surface area is 93.5 Å². The number of methoxy groups -OCH3 is 1. The van der Waals surface area contributed by atoms with E-state index in [1.54, 1.807) is 37.6 Å². The van der Waals surface area contributed by atoms with Gasteiger partial charge in [0.15, 0.2) is 0 Å². The Morgan fingerprint density at radius 3 is 2.94 bits per heavy atom. The van der Waals surface area contributed by atoms with E-state index in [-0.39, 0.29) is 0 Å². The van der Waals surface area contributed by atoms with Gasteiger partial charge in [0.1, 0.15) is 11.9 Å². The number of aromatic nitrogens is 1. The third-order valence-electron chi connectivity index (χ3n) is 2.27. The van der Waals surface area contributed by atoms with Crippen LogP contribution in [0.4, 0.5) is 0 Å². The zero-order chi connectivity index (χ0) is 11.4. The molecule has 0 saturated heterocycles. The third kappa shape index (κ3) is 2.41. The molecule has 4 nitrogen and oxygen atoms in total. The number of furan rings is 1. The SMILES string of the molecule is COc1cccc(C(O)Cc2ccco2)n1. The molecule has 0 fully saturated rings. The first-order valence-corrected chi connectivity index (χ1v) is 5.01. The molecule has 2 aromatic rings. The van der Waals surface area contributed by atoms with E-state index in [0.717, 1.165) is 5.76 Å². The van der Waals surface area contributed by atoms with Gasteiger partial charge in [-0.3, -0.25) is 0 Å². The zero-order valence-corrected chi connectivity index (χ0v) is 8.96. The molecule has 0 aliphatic heterocycles. The van der Waals surface area contributed by atoms with Crippen molar-refractivity contribution in [2.45, 2.75) is 12.5 Å². The van der Waals surface area contributed by atoms with E-state index in [1.165, 1.54) is 0 Å². The first kappa shape index (κ1) is 10.7. The molecule has 16 heavy (non-hydrogen) atoms. The van der Waals surface area contributed by atoms with E-state index in [0.29, 0.717) is 18.0 Å². The average molecular weight is 219 g/mol. The van der Waals surface area contributed by atoms with Gasteiger partial charge in [-0.25, -0.2) is 4.98 Å². The summed E-state index contributed by atoms with van der Waals surface area (Å²) in [5.74, 6) is 1.23. The molecule has 0 aliphatic rings. The topological polar surface area (TPSA) is 55.5 Å². The predicted molar refractivity (Wildman–Crippen MR) is 58.2 cm³/mol. The first-order valence-electron chi connectivity index (χ1n) is 5.01. The maximum Gasteiger partial charge on any atom is 0.213 e. The van der Waals surface area contributed by atoms with Crippen LogP contribution in [0.2, 0.25) is 0 Å². The summed E-state index contributed by atoms with van der Waals surface area (Å²) in [5, 5.41) is 9.93. The van der Waals surface area contributed by atoms with E-state index < -0.39 is 6.10 Å². The van der Waals surface area contributed by atoms with Gasteiger partial charge in [0, 0.05) is 12.5 Å². The Hall–Kier alpha value is -1.81. The van der Waals surface area contributed by atoms with Crippen LogP contribution in [-0.4, -0.2) is 17.2 Å². The van der Waals surface area contributed by atoms with Crippen molar-refractivity contribution >= 4 is 0 Å². The lowest BCUT2D eigenvalue weighted by Gasteiger charge is -2.09. The van der Waals surface area contributed by atoms with Crippen molar-refractivity contribution in [1.82, 2.24) is 4.98 Å². The van der Waals surface area contributed by atoms with Crippen molar-refractivity contribution in [3.05, 3.63) is 48.0 Å². The second-order valence-corrected chi connectivity index (χ2v) is 3.40. The Balaban J connectivity index is 2.11. The lowest BCUT2D eigenvalue weighted by Crippen LogP contribution is -2.04. The molecule has 2 aromatic heterocycles. The maximum absolute atomic E-state index is 9.93. The summed E-state index contributed by atoms with van der Waals surface area (Å²) in [5.41, 5.74) is 0.579. The Morgan fingerprint density at radius 2 is 2.25 bits per heavy atom. The maximum atomic E-state index is 9.93. The molecule has 0 bridgehead atoms. The highest BCUT2D eigenvalue weighted by Gasteiger charge is 2.12. The van der Waals surface area contributed by atoms with E-state index >= 15 is 0 Å². The van der Waals surface area contributed by atoms with E-state index in [2.05, 4.69) is 4.98 Å². The van der Waals surface area contributed by atoms with Gasteiger partial charge in [0.05, 0.1) is 19.1 Å². The van der Waals surface area contributed by atoms with Crippen LogP contribution in [0.3, 0.4) is 0 Å². The van der Waals surface area contributed by atoms with Crippen molar-refractivity contribution in [1.29, 1.82) is 0 Å². The Bertz CT molecular complexity index is 439. The highest BCUT2D eigenvalue weighted by molar-refractivity contribution is 5.18. The minimum absolute atomic E-state index is 0.410. The van der Waals surface area contributed by atoms with Gasteiger partial charge < -0.3 is 14.3 Å². The number of nitrogens with zero attached hydrogens (tertiary/aromatic N) is 1. The normalized spacial score (nSPS) is 12.4. The van der Waals surface area contributed by atoms with Gasteiger partial charge in [-0.1, -0.05) is 6.07 Å². The summed E-state index contributed by atoms with van der Waals surface area (Å²) in [6.07, 6.45) is 1.31. The standard InChI is InChI=1S/C12H13NO3/c1-15-12-6-2-5-10(13-12)11(14)8-9-4-3-7-16-9/h2-7,11,14H,8H2,1H3. The van der Waals surface area contributed by atoms with Crippen molar-refractivity contribution in [3.8, 4) is 5.88 Å². The first-order chi connectivity index (χ1) is 7.79. The molecule has 1 N–H and O–H groups in total. The predicted octanol–water partition coefficient (Wildman–Crippen LogP) is 1.96. The summed E-state index contributed by atoms with van der Waals surface area (Å²) in [4.78, 5) is 4.16. The Kier molecular flexibility index (Phi) is 3.22. The third-order valence-corrected chi connectivity index (χ3v) is 2.27. The van der Waals surface area contributed by atoms with Crippen LogP contribution in [0.5, 0.6) is 5.88 Å². The van der Waals surface area contributed by atoms with Crippen LogP contribution < -0.4 is 4.74 Å². The molecule has 84 valence electrons. The van der Waals surface area contributed by atoms with Crippen LogP contribution in [0.1, 0.15) is 17.6 Å². The summed E-state index contributed by atoms with van der Waals surface area (Å²) < 4.78 is 10.2. The highest BCUT2D eigenvalue weighted by atomic mass is 16.5. The molecular weight excluding hydrogens is 206 g/mol. The number of rotatable bonds is 4. The van der Waals surface area contributed by atoms with Gasteiger partial charge in [-0.05, 0) is 18.2 Å². The number of aliphatic hydroxyl groups is 1. The quantitative estimate of drug-likeness (QED) is 0.854. The van der Waals surface area contributed by atoms with Crippen LogP contribution in [-0.2, 0) is 6.42 Å². The molecule has 0 aromatic carbocycles. The largest absolute Gasteiger partial charge is 0.481 e. The number of aliphatic hydroxyl groups excluding tert-OH is 1. The van der Waals surface area contributed by atoms with Crippen molar-refractivity contribution in [2.24, 2.45) is 0 Å². The summed E-state index contributed by atoms with van der Waals surface area (Å²) >= 11 is 0. The van der Waals surface area contributed by atoms with Crippen LogP contribution in [0, 0.1) is 0 Å². The van der Waals surface area contributed by atoms with E-state index in [9.17, 15) is 5.11 Å². The molecule has 2 heterocycles. The fraction of sp³-hybridized carbons (Fsp3) is 0.250. The minimum atomic E-state index is -0.679. The van der Waals surface area contributed by atoms with Crippen molar-refractivity contribution in [3.63, 3.8) is 0 Å². The number of hydrogen-bond acceptors (Lipinski definition) is 4. The lowest BCUT2D eigenvalue weighted by atomic mass is 10.1. The molecule has 0 spiro atoms. The minimum Gasteiger partial charge on any atom is -0.481 e. The molecule has 0 aliphatic carbocycles. The van der Waals surface area contributed by atoms with Gasteiger partial charge in [0.25, 0.3) is 0 Å². The summed E-state index contributed by atoms with van der Waals surface area (Å²) in [6, 6.07) is 8.91. The van der Waals surface area contributed by atoms with Gasteiger partial charge in [-0.15, -0.1) is 0 Å². The van der Waals surface area contributed by atoms with Gasteiger partial charge >= 0.3 is 0 Å². The number of hydrogen-bond donors (Lipinski definition) is 1. The van der Waals surface area contributed by atoms with E-state index in [4.69, 9.17) is 9.15 Å². The fourth-order valence-electron chi connectivity index (χ4n) is 1.45. The number of ether oxygens (including phenoxy) is 1. The van der Waals surface area contributed by atoms with Crippen molar-refractivity contribution in [2.75, 3.05) is 7.11 Å². The van der Waals surface area contributed by atoms with Crippen molar-refractivity contribution < 1.29 is 14.3 Å². The van der Waals surface area contributed by atoms with Gasteiger partial charge in [-0.2, -0.15) is 0 Å². The summed E-state index contributed by atoms with van der Waals surface area (Å²) in [7, 11) is 1.55. The lowest BCUT2D eigenvalue weighted by molar-refractivity contribution is 0.165. The molecule has 0 saturated carbocycles. The molecule has 0 amide bonds. The molecule has 2 rings (SSSR count). The second-order valence-electron chi connectivity index (χ2n) is 3.40. The zero-order valence-electron chi connectivity index (χ0n) is 8.96. The fourth-order valence-corrected chi connectivity index (χ4v) is 1.45. The smallest absolute Gasteiger partial charge is 0.213 e. The molecule has 1 unspecified atom stereocenters. The Morgan fingerprint density at radius 1 is 1.38 bits per heavy atom. The highest BCUT2D eigenvalue weighted by Crippen LogP contribution is 2.18. The van der Waals surface area contributed by atoms with E-state index in [1.807, 2.05) is 6.07 Å². The monoisotopic (exact) mass is 219 g/mol. The summed E-state index contributed by atoms with van der Waals surface area (Å²) in [6.45, 7) is 0. The van der Waals surface area contributed by atoms with Gasteiger partial charge in [0.2, 0.25) is 5.88 Å². The number of pyridine rings is 1. The van der Waals surface area contributed by atoms with Crippen LogP contribution in [0.25, 0.3) is 0 Å². The molecule has 4 heteroatoms. The van der Waals surface area contributed by atoms with Crippen LogP contribution >= 0.6 is 0 Å².